The third-order valence-corrected chi connectivity index (χ3v) is 3.68. The van der Waals surface area contributed by atoms with Crippen LogP contribution in [0.25, 0.3) is 11.3 Å². The Kier molecular flexibility index (Phi) is 4.85. The van der Waals surface area contributed by atoms with Gasteiger partial charge in [0.1, 0.15) is 0 Å². The topological polar surface area (TPSA) is 50.7 Å². The van der Waals surface area contributed by atoms with Crippen LogP contribution in [-0.2, 0) is 12.7 Å². The SMILES string of the molecule is FC(F)(F)c1ccc(CNc2nncc(-c3ccc(Cl)cc3)n2)cc1. The summed E-state index contributed by atoms with van der Waals surface area (Å²) in [6.07, 6.45) is -2.82. The van der Waals surface area contributed by atoms with Crippen molar-refractivity contribution in [3.63, 3.8) is 0 Å². The van der Waals surface area contributed by atoms with Crippen LogP contribution in [0.4, 0.5) is 19.1 Å². The molecule has 25 heavy (non-hydrogen) atoms. The second kappa shape index (κ2) is 7.06. The number of nitrogens with zero attached hydrogens (tertiary/aromatic N) is 3. The highest BCUT2D eigenvalue weighted by Crippen LogP contribution is 2.29. The molecular formula is C17H12ClF3N4. The number of rotatable bonds is 4. The molecule has 0 aliphatic heterocycles. The molecule has 0 saturated heterocycles. The average molecular weight is 365 g/mol. The molecule has 0 fully saturated rings. The van der Waals surface area contributed by atoms with Gasteiger partial charge in [0.2, 0.25) is 5.95 Å². The van der Waals surface area contributed by atoms with Crippen LogP contribution < -0.4 is 5.32 Å². The molecule has 128 valence electrons. The first-order valence-corrected chi connectivity index (χ1v) is 7.65. The molecule has 3 aromatic rings. The number of aromatic nitrogens is 3. The summed E-state index contributed by atoms with van der Waals surface area (Å²) in [5, 5.41) is 11.3. The van der Waals surface area contributed by atoms with Crippen LogP contribution in [0.2, 0.25) is 5.02 Å². The zero-order valence-electron chi connectivity index (χ0n) is 12.8. The van der Waals surface area contributed by atoms with E-state index in [2.05, 4.69) is 20.5 Å². The molecule has 8 heteroatoms. The van der Waals surface area contributed by atoms with E-state index in [-0.39, 0.29) is 12.5 Å². The van der Waals surface area contributed by atoms with E-state index in [9.17, 15) is 13.2 Å². The lowest BCUT2D eigenvalue weighted by Crippen LogP contribution is -2.07. The van der Waals surface area contributed by atoms with Crippen molar-refractivity contribution in [3.8, 4) is 11.3 Å². The summed E-state index contributed by atoms with van der Waals surface area (Å²) in [5.41, 5.74) is 1.44. The smallest absolute Gasteiger partial charge is 0.349 e. The van der Waals surface area contributed by atoms with Crippen molar-refractivity contribution >= 4 is 17.5 Å². The molecule has 3 rings (SSSR count). The summed E-state index contributed by atoms with van der Waals surface area (Å²) in [4.78, 5) is 4.34. The van der Waals surface area contributed by atoms with Gasteiger partial charge in [-0.1, -0.05) is 35.9 Å². The molecule has 4 nitrogen and oxygen atoms in total. The molecular weight excluding hydrogens is 353 g/mol. The number of nitrogens with one attached hydrogen (secondary N) is 1. The number of benzene rings is 2. The van der Waals surface area contributed by atoms with Crippen LogP contribution in [0.15, 0.2) is 54.7 Å². The van der Waals surface area contributed by atoms with E-state index in [4.69, 9.17) is 11.6 Å². The summed E-state index contributed by atoms with van der Waals surface area (Å²) >= 11 is 5.86. The van der Waals surface area contributed by atoms with Gasteiger partial charge in [0.05, 0.1) is 17.5 Å². The van der Waals surface area contributed by atoms with Crippen LogP contribution in [0.3, 0.4) is 0 Å². The molecule has 2 aromatic carbocycles. The maximum atomic E-state index is 12.5. The number of hydrogen-bond donors (Lipinski definition) is 1. The lowest BCUT2D eigenvalue weighted by atomic mass is 10.1. The minimum Gasteiger partial charge on any atom is -0.349 e. The third kappa shape index (κ3) is 4.45. The van der Waals surface area contributed by atoms with Gasteiger partial charge in [0.15, 0.2) is 0 Å². The van der Waals surface area contributed by atoms with Crippen LogP contribution in [0, 0.1) is 0 Å². The Balaban J connectivity index is 1.69. The summed E-state index contributed by atoms with van der Waals surface area (Å²) in [6.45, 7) is 0.282. The number of hydrogen-bond acceptors (Lipinski definition) is 4. The zero-order chi connectivity index (χ0) is 17.9. The van der Waals surface area contributed by atoms with Crippen molar-refractivity contribution in [3.05, 3.63) is 70.9 Å². The molecule has 0 bridgehead atoms. The van der Waals surface area contributed by atoms with E-state index in [1.807, 2.05) is 12.1 Å². The quantitative estimate of drug-likeness (QED) is 0.721. The first kappa shape index (κ1) is 17.2. The number of anilines is 1. The number of halogens is 4. The van der Waals surface area contributed by atoms with E-state index in [0.717, 1.165) is 17.7 Å². The van der Waals surface area contributed by atoms with E-state index in [1.54, 1.807) is 12.1 Å². The zero-order valence-corrected chi connectivity index (χ0v) is 13.5. The Morgan fingerprint density at radius 1 is 0.960 bits per heavy atom. The fraction of sp³-hybridized carbons (Fsp3) is 0.118. The molecule has 1 N–H and O–H groups in total. The van der Waals surface area contributed by atoms with Gasteiger partial charge >= 0.3 is 6.18 Å². The second-order valence-corrected chi connectivity index (χ2v) is 5.66. The summed E-state index contributed by atoms with van der Waals surface area (Å²) in [7, 11) is 0. The summed E-state index contributed by atoms with van der Waals surface area (Å²) < 4.78 is 37.6. The molecule has 0 unspecified atom stereocenters. The molecule has 0 saturated carbocycles. The molecule has 0 aliphatic carbocycles. The van der Waals surface area contributed by atoms with E-state index in [1.165, 1.54) is 18.3 Å². The predicted molar refractivity (Wildman–Crippen MR) is 89.0 cm³/mol. The highest BCUT2D eigenvalue weighted by molar-refractivity contribution is 6.30. The Bertz CT molecular complexity index is 849. The number of alkyl halides is 3. The van der Waals surface area contributed by atoms with Gasteiger partial charge in [0, 0.05) is 17.1 Å². The molecule has 1 heterocycles. The van der Waals surface area contributed by atoms with E-state index < -0.39 is 11.7 Å². The minimum atomic E-state index is -4.34. The summed E-state index contributed by atoms with van der Waals surface area (Å²) in [6, 6.07) is 12.0. The van der Waals surface area contributed by atoms with Crippen LogP contribution in [-0.4, -0.2) is 15.2 Å². The lowest BCUT2D eigenvalue weighted by molar-refractivity contribution is -0.137. The van der Waals surface area contributed by atoms with E-state index >= 15 is 0 Å². The molecule has 0 amide bonds. The predicted octanol–water partition coefficient (Wildman–Crippen LogP) is 4.82. The fourth-order valence-corrected chi connectivity index (χ4v) is 2.26. The van der Waals surface area contributed by atoms with Crippen LogP contribution >= 0.6 is 11.6 Å². The van der Waals surface area contributed by atoms with Crippen LogP contribution in [0.1, 0.15) is 11.1 Å². The average Bonchev–Trinajstić information content (AvgIpc) is 2.60. The van der Waals surface area contributed by atoms with Crippen molar-refractivity contribution in [2.45, 2.75) is 12.7 Å². The van der Waals surface area contributed by atoms with Crippen molar-refractivity contribution < 1.29 is 13.2 Å². The molecule has 0 spiro atoms. The molecule has 1 aromatic heterocycles. The van der Waals surface area contributed by atoms with Gasteiger partial charge in [-0.15, -0.1) is 5.10 Å². The molecule has 0 radical (unpaired) electrons. The summed E-state index contributed by atoms with van der Waals surface area (Å²) in [5.74, 6) is 0.285. The second-order valence-electron chi connectivity index (χ2n) is 5.22. The Morgan fingerprint density at radius 2 is 1.64 bits per heavy atom. The largest absolute Gasteiger partial charge is 0.416 e. The Labute approximate surface area is 146 Å². The van der Waals surface area contributed by atoms with Crippen molar-refractivity contribution in [1.29, 1.82) is 0 Å². The van der Waals surface area contributed by atoms with Crippen molar-refractivity contribution in [2.75, 3.05) is 5.32 Å². The standard InChI is InChI=1S/C17H12ClF3N4/c18-14-7-3-12(4-8-14)15-10-23-25-16(24-15)22-9-11-1-5-13(6-2-11)17(19,20)21/h1-8,10H,9H2,(H,22,24,25). The van der Waals surface area contributed by atoms with Crippen molar-refractivity contribution in [2.24, 2.45) is 0 Å². The van der Waals surface area contributed by atoms with Crippen LogP contribution in [0.5, 0.6) is 0 Å². The maximum absolute atomic E-state index is 12.5. The molecule has 0 atom stereocenters. The maximum Gasteiger partial charge on any atom is 0.416 e. The Morgan fingerprint density at radius 3 is 2.28 bits per heavy atom. The highest BCUT2D eigenvalue weighted by Gasteiger charge is 2.29. The first-order chi connectivity index (χ1) is 11.9. The van der Waals surface area contributed by atoms with Gasteiger partial charge < -0.3 is 5.32 Å². The Hall–Kier alpha value is -2.67. The van der Waals surface area contributed by atoms with Crippen molar-refractivity contribution in [1.82, 2.24) is 15.2 Å². The third-order valence-electron chi connectivity index (χ3n) is 3.43. The normalized spacial score (nSPS) is 11.4. The lowest BCUT2D eigenvalue weighted by Gasteiger charge is -2.09. The van der Waals surface area contributed by atoms with Gasteiger partial charge in [-0.2, -0.15) is 18.3 Å². The highest BCUT2D eigenvalue weighted by atomic mass is 35.5. The monoisotopic (exact) mass is 364 g/mol. The molecule has 0 aliphatic rings. The van der Waals surface area contributed by atoms with Gasteiger partial charge in [-0.05, 0) is 29.8 Å². The first-order valence-electron chi connectivity index (χ1n) is 7.27. The minimum absolute atomic E-state index is 0.282. The van der Waals surface area contributed by atoms with Gasteiger partial charge in [-0.3, -0.25) is 0 Å². The van der Waals surface area contributed by atoms with Gasteiger partial charge in [0.25, 0.3) is 0 Å². The van der Waals surface area contributed by atoms with Gasteiger partial charge in [-0.25, -0.2) is 4.98 Å². The fourth-order valence-electron chi connectivity index (χ4n) is 2.13. The van der Waals surface area contributed by atoms with E-state index in [0.29, 0.717) is 16.3 Å².